The van der Waals surface area contributed by atoms with Crippen LogP contribution in [0, 0.1) is 12.7 Å². The Morgan fingerprint density at radius 2 is 2.07 bits per heavy atom. The summed E-state index contributed by atoms with van der Waals surface area (Å²) >= 11 is 0. The molecule has 0 atom stereocenters. The van der Waals surface area contributed by atoms with Gasteiger partial charge in [0.15, 0.2) is 0 Å². The number of rotatable bonds is 5. The average Bonchev–Trinajstić information content (AvgIpc) is 3.43. The molecule has 0 unspecified atom stereocenters. The fourth-order valence-corrected chi connectivity index (χ4v) is 3.84. The molecule has 1 N–H and O–H groups in total. The van der Waals surface area contributed by atoms with Gasteiger partial charge >= 0.3 is 0 Å². The number of aromatic nitrogens is 4. The molecule has 7 nitrogen and oxygen atoms in total. The molecule has 0 spiro atoms. The number of nitrogens with one attached hydrogen (secondary N) is 1. The molecule has 0 fully saturated rings. The third-order valence-electron chi connectivity index (χ3n) is 5.37. The number of hydrogen-bond acceptors (Lipinski definition) is 6. The van der Waals surface area contributed by atoms with Gasteiger partial charge in [0.1, 0.15) is 17.2 Å². The van der Waals surface area contributed by atoms with Crippen LogP contribution in [-0.4, -0.2) is 33.1 Å². The lowest BCUT2D eigenvalue weighted by Gasteiger charge is -2.14. The molecule has 1 aliphatic rings. The Bertz CT molecular complexity index is 1250. The van der Waals surface area contributed by atoms with Gasteiger partial charge in [0.25, 0.3) is 0 Å². The molecule has 4 aromatic rings. The van der Waals surface area contributed by atoms with Crippen molar-refractivity contribution in [2.24, 2.45) is 0 Å². The Hall–Kier alpha value is -3.68. The summed E-state index contributed by atoms with van der Waals surface area (Å²) in [5.74, 6) is 1.65. The first-order valence-corrected chi connectivity index (χ1v) is 9.65. The van der Waals surface area contributed by atoms with Gasteiger partial charge in [0.05, 0.1) is 13.7 Å². The summed E-state index contributed by atoms with van der Waals surface area (Å²) in [5.41, 5.74) is 5.06. The Morgan fingerprint density at radius 1 is 1.20 bits per heavy atom. The minimum absolute atomic E-state index is 0.245. The summed E-state index contributed by atoms with van der Waals surface area (Å²) < 4.78 is 27.1. The first-order valence-electron chi connectivity index (χ1n) is 9.65. The third-order valence-corrected chi connectivity index (χ3v) is 5.37. The SMILES string of the molecule is COc1cc(C)c(-c2cnc(NCc3c(F)ccc4c3CCO4)n3ccnc23)cn1. The van der Waals surface area contributed by atoms with Crippen LogP contribution in [-0.2, 0) is 13.0 Å². The van der Waals surface area contributed by atoms with Gasteiger partial charge in [-0.1, -0.05) is 0 Å². The van der Waals surface area contributed by atoms with Crippen LogP contribution in [0.1, 0.15) is 16.7 Å². The van der Waals surface area contributed by atoms with Crippen molar-refractivity contribution < 1.29 is 13.9 Å². The number of methoxy groups -OCH3 is 1. The lowest BCUT2D eigenvalue weighted by molar-refractivity contribution is 0.356. The molecule has 5 rings (SSSR count). The summed E-state index contributed by atoms with van der Waals surface area (Å²) in [5, 5.41) is 3.25. The highest BCUT2D eigenvalue weighted by Gasteiger charge is 2.20. The molecule has 1 aliphatic heterocycles. The molecule has 152 valence electrons. The monoisotopic (exact) mass is 405 g/mol. The molecule has 0 radical (unpaired) electrons. The zero-order valence-electron chi connectivity index (χ0n) is 16.6. The van der Waals surface area contributed by atoms with Crippen LogP contribution in [0.3, 0.4) is 0 Å². The van der Waals surface area contributed by atoms with E-state index in [0.717, 1.165) is 33.7 Å². The van der Waals surface area contributed by atoms with Gasteiger partial charge in [-0.05, 0) is 24.6 Å². The first-order chi connectivity index (χ1) is 14.7. The molecule has 0 bridgehead atoms. The van der Waals surface area contributed by atoms with Crippen LogP contribution in [0.25, 0.3) is 16.8 Å². The van der Waals surface area contributed by atoms with Gasteiger partial charge in [-0.3, -0.25) is 4.40 Å². The Morgan fingerprint density at radius 3 is 2.90 bits per heavy atom. The van der Waals surface area contributed by atoms with Crippen molar-refractivity contribution in [1.82, 2.24) is 19.4 Å². The zero-order chi connectivity index (χ0) is 20.7. The van der Waals surface area contributed by atoms with Crippen LogP contribution in [0.5, 0.6) is 11.6 Å². The van der Waals surface area contributed by atoms with Gasteiger partial charge in [-0.2, -0.15) is 0 Å². The molecule has 30 heavy (non-hydrogen) atoms. The molecule has 4 heterocycles. The second kappa shape index (κ2) is 7.29. The molecule has 0 amide bonds. The largest absolute Gasteiger partial charge is 0.493 e. The highest BCUT2D eigenvalue weighted by molar-refractivity contribution is 5.79. The lowest BCUT2D eigenvalue weighted by atomic mass is 10.0. The van der Waals surface area contributed by atoms with Crippen molar-refractivity contribution in [2.45, 2.75) is 19.9 Å². The molecule has 0 aliphatic carbocycles. The van der Waals surface area contributed by atoms with E-state index in [1.165, 1.54) is 6.07 Å². The van der Waals surface area contributed by atoms with Gasteiger partial charge in [-0.25, -0.2) is 19.3 Å². The predicted octanol–water partition coefficient (Wildman–Crippen LogP) is 3.79. The maximum Gasteiger partial charge on any atom is 0.213 e. The fraction of sp³-hybridized carbons (Fsp3) is 0.227. The molecule has 3 aromatic heterocycles. The molecule has 0 saturated carbocycles. The molecule has 8 heteroatoms. The number of ether oxygens (including phenoxy) is 2. The standard InChI is InChI=1S/C22H20FN5O2/c1-13-9-20(29-2)25-10-15(13)17-12-27-22(28-7-6-24-21(17)28)26-11-16-14-5-8-30-19(14)4-3-18(16)23/h3-4,6-7,9-10,12H,5,8,11H2,1-2H3,(H,26,27). The topological polar surface area (TPSA) is 73.6 Å². The third kappa shape index (κ3) is 3.01. The Kier molecular flexibility index (Phi) is 4.46. The van der Waals surface area contributed by atoms with E-state index in [4.69, 9.17) is 9.47 Å². The summed E-state index contributed by atoms with van der Waals surface area (Å²) in [6.45, 7) is 2.88. The number of pyridine rings is 1. The summed E-state index contributed by atoms with van der Waals surface area (Å²) in [6, 6.07) is 5.01. The highest BCUT2D eigenvalue weighted by atomic mass is 19.1. The number of benzene rings is 1. The van der Waals surface area contributed by atoms with E-state index in [1.807, 2.05) is 23.6 Å². The number of anilines is 1. The number of aryl methyl sites for hydroxylation is 1. The summed E-state index contributed by atoms with van der Waals surface area (Å²) in [4.78, 5) is 13.4. The van der Waals surface area contributed by atoms with Gasteiger partial charge < -0.3 is 14.8 Å². The molecule has 1 aromatic carbocycles. The van der Waals surface area contributed by atoms with E-state index in [2.05, 4.69) is 20.3 Å². The van der Waals surface area contributed by atoms with E-state index < -0.39 is 0 Å². The predicted molar refractivity (Wildman–Crippen MR) is 110 cm³/mol. The number of nitrogens with zero attached hydrogens (tertiary/aromatic N) is 4. The Labute approximate surface area is 172 Å². The van der Waals surface area contributed by atoms with Gasteiger partial charge in [0.2, 0.25) is 11.8 Å². The molecular weight excluding hydrogens is 385 g/mol. The minimum Gasteiger partial charge on any atom is -0.493 e. The number of halogens is 1. The second-order valence-electron chi connectivity index (χ2n) is 7.11. The maximum absolute atomic E-state index is 14.4. The van der Waals surface area contributed by atoms with Gasteiger partial charge in [-0.15, -0.1) is 0 Å². The van der Waals surface area contributed by atoms with E-state index in [-0.39, 0.29) is 5.82 Å². The highest BCUT2D eigenvalue weighted by Crippen LogP contribution is 2.32. The smallest absolute Gasteiger partial charge is 0.213 e. The summed E-state index contributed by atoms with van der Waals surface area (Å²) in [6.07, 6.45) is 7.77. The van der Waals surface area contributed by atoms with Crippen molar-refractivity contribution in [3.05, 3.63) is 65.5 Å². The van der Waals surface area contributed by atoms with E-state index >= 15 is 0 Å². The quantitative estimate of drug-likeness (QED) is 0.545. The zero-order valence-corrected chi connectivity index (χ0v) is 16.6. The van der Waals surface area contributed by atoms with Crippen molar-refractivity contribution in [3.63, 3.8) is 0 Å². The van der Waals surface area contributed by atoms with Crippen LogP contribution < -0.4 is 14.8 Å². The maximum atomic E-state index is 14.4. The molecular formula is C22H20FN5O2. The first kappa shape index (κ1) is 18.4. The number of imidazole rings is 1. The summed E-state index contributed by atoms with van der Waals surface area (Å²) in [7, 11) is 1.59. The number of fused-ring (bicyclic) bond motifs is 2. The second-order valence-corrected chi connectivity index (χ2v) is 7.11. The van der Waals surface area contributed by atoms with Gasteiger partial charge in [0, 0.05) is 66.1 Å². The van der Waals surface area contributed by atoms with Crippen LogP contribution in [0.15, 0.2) is 43.0 Å². The van der Waals surface area contributed by atoms with Crippen LogP contribution in [0.4, 0.5) is 10.3 Å². The van der Waals surface area contributed by atoms with E-state index in [1.54, 1.807) is 31.8 Å². The normalized spacial score (nSPS) is 12.6. The van der Waals surface area contributed by atoms with E-state index in [0.29, 0.717) is 37.0 Å². The van der Waals surface area contributed by atoms with Crippen molar-refractivity contribution in [3.8, 4) is 22.8 Å². The molecule has 0 saturated heterocycles. The van der Waals surface area contributed by atoms with Crippen molar-refractivity contribution >= 4 is 11.6 Å². The van der Waals surface area contributed by atoms with Crippen LogP contribution >= 0.6 is 0 Å². The number of hydrogen-bond donors (Lipinski definition) is 1. The van der Waals surface area contributed by atoms with E-state index in [9.17, 15) is 4.39 Å². The average molecular weight is 405 g/mol. The minimum atomic E-state index is -0.245. The lowest BCUT2D eigenvalue weighted by Crippen LogP contribution is -2.10. The van der Waals surface area contributed by atoms with Crippen LogP contribution in [0.2, 0.25) is 0 Å². The fourth-order valence-electron chi connectivity index (χ4n) is 3.84. The van der Waals surface area contributed by atoms with Crippen molar-refractivity contribution in [1.29, 1.82) is 0 Å². The Balaban J connectivity index is 1.49. The van der Waals surface area contributed by atoms with Crippen molar-refractivity contribution in [2.75, 3.05) is 19.0 Å².